The summed E-state index contributed by atoms with van der Waals surface area (Å²) in [6, 6.07) is 5.37. The van der Waals surface area contributed by atoms with Gasteiger partial charge in [-0.2, -0.15) is 0 Å². The Hall–Kier alpha value is -1.99. The molecule has 0 aliphatic carbocycles. The van der Waals surface area contributed by atoms with Crippen LogP contribution in [0.25, 0.3) is 22.0 Å². The van der Waals surface area contributed by atoms with Crippen LogP contribution in [0.3, 0.4) is 0 Å². The highest BCUT2D eigenvalue weighted by atomic mass is 35.5. The number of hydrogen-bond donors (Lipinski definition) is 0. The first-order valence-electron chi connectivity index (χ1n) is 9.79. The van der Waals surface area contributed by atoms with E-state index >= 15 is 0 Å². The highest BCUT2D eigenvalue weighted by Crippen LogP contribution is 2.46. The van der Waals surface area contributed by atoms with Gasteiger partial charge in [0.05, 0.1) is 42.2 Å². The van der Waals surface area contributed by atoms with Gasteiger partial charge in [-0.15, -0.1) is 0 Å². The normalized spacial score (nSPS) is 19.0. The van der Waals surface area contributed by atoms with Crippen molar-refractivity contribution in [2.24, 2.45) is 0 Å². The average Bonchev–Trinajstić information content (AvgIpc) is 2.73. The molecule has 1 aliphatic heterocycles. The molecule has 0 bridgehead atoms. The Balaban J connectivity index is 1.98. The smallest absolute Gasteiger partial charge is 0.141 e. The van der Waals surface area contributed by atoms with E-state index in [1.165, 1.54) is 0 Å². The van der Waals surface area contributed by atoms with Crippen molar-refractivity contribution in [1.82, 2.24) is 9.97 Å². The second kappa shape index (κ2) is 8.87. The molecule has 4 rings (SSSR count). The maximum atomic E-state index is 6.66. The lowest BCUT2D eigenvalue weighted by molar-refractivity contribution is -0.00536. The predicted octanol–water partition coefficient (Wildman–Crippen LogP) is 5.89. The van der Waals surface area contributed by atoms with Gasteiger partial charge in [-0.3, -0.25) is 0 Å². The molecule has 0 spiro atoms. The summed E-state index contributed by atoms with van der Waals surface area (Å²) in [5, 5.41) is 2.88. The van der Waals surface area contributed by atoms with E-state index in [1.54, 1.807) is 26.5 Å². The summed E-state index contributed by atoms with van der Waals surface area (Å²) in [5.41, 5.74) is 1.12. The van der Waals surface area contributed by atoms with Gasteiger partial charge < -0.3 is 19.1 Å². The third-order valence-corrected chi connectivity index (χ3v) is 6.17. The minimum Gasteiger partial charge on any atom is -0.495 e. The van der Waals surface area contributed by atoms with Crippen molar-refractivity contribution in [2.75, 3.05) is 32.2 Å². The molecule has 2 aromatic heterocycles. The molecule has 164 valence electrons. The molecule has 1 fully saturated rings. The number of anilines is 1. The van der Waals surface area contributed by atoms with Crippen LogP contribution < -0.4 is 14.4 Å². The van der Waals surface area contributed by atoms with Crippen LogP contribution in [-0.2, 0) is 4.74 Å². The molecule has 6 nitrogen and oxygen atoms in total. The third-order valence-electron chi connectivity index (χ3n) is 5.21. The van der Waals surface area contributed by atoms with Gasteiger partial charge in [-0.05, 0) is 26.0 Å². The molecule has 0 amide bonds. The first kappa shape index (κ1) is 22.2. The molecule has 3 heterocycles. The number of aromatic nitrogens is 2. The van der Waals surface area contributed by atoms with Crippen LogP contribution >= 0.6 is 34.8 Å². The Morgan fingerprint density at radius 1 is 0.968 bits per heavy atom. The molecule has 0 N–H and O–H groups in total. The van der Waals surface area contributed by atoms with Gasteiger partial charge in [0.1, 0.15) is 22.5 Å². The number of methoxy groups -OCH3 is 2. The largest absolute Gasteiger partial charge is 0.495 e. The van der Waals surface area contributed by atoms with Crippen molar-refractivity contribution in [3.8, 4) is 22.8 Å². The maximum absolute atomic E-state index is 6.66. The number of rotatable bonds is 4. The molecule has 0 saturated carbocycles. The first-order chi connectivity index (χ1) is 14.8. The summed E-state index contributed by atoms with van der Waals surface area (Å²) in [6.45, 7) is 5.48. The molecule has 1 aromatic carbocycles. The Morgan fingerprint density at radius 3 is 2.16 bits per heavy atom. The molecular formula is C22H22Cl3N3O3. The van der Waals surface area contributed by atoms with Crippen LogP contribution in [0.2, 0.25) is 15.2 Å². The predicted molar refractivity (Wildman–Crippen MR) is 125 cm³/mol. The van der Waals surface area contributed by atoms with E-state index < -0.39 is 0 Å². The fourth-order valence-electron chi connectivity index (χ4n) is 3.93. The molecule has 0 radical (unpaired) electrons. The number of hydrogen-bond acceptors (Lipinski definition) is 6. The minimum absolute atomic E-state index is 0.0608. The summed E-state index contributed by atoms with van der Waals surface area (Å²) < 4.78 is 16.8. The third kappa shape index (κ3) is 4.22. The van der Waals surface area contributed by atoms with E-state index in [1.807, 2.05) is 26.0 Å². The van der Waals surface area contributed by atoms with Gasteiger partial charge in [-0.1, -0.05) is 34.8 Å². The topological polar surface area (TPSA) is 56.7 Å². The SMILES string of the molecule is COc1cc(OC)c(Cl)c(-c2cc3cnc(Cl)cc3c(N3CC(C)OC(C)C3)n2)c1Cl. The van der Waals surface area contributed by atoms with Crippen molar-refractivity contribution in [2.45, 2.75) is 26.1 Å². The molecule has 2 unspecified atom stereocenters. The van der Waals surface area contributed by atoms with Crippen LogP contribution in [0.15, 0.2) is 24.4 Å². The minimum atomic E-state index is 0.0608. The maximum Gasteiger partial charge on any atom is 0.141 e. The standard InChI is InChI=1S/C22H22Cl3N3O3/c1-11-9-28(10-12(2)31-11)22-14-6-18(23)26-8-13(14)5-15(27-22)19-20(24)16(29-3)7-17(30-4)21(19)25/h5-8,11-12H,9-10H2,1-4H3. The van der Waals surface area contributed by atoms with Crippen LogP contribution in [0.5, 0.6) is 11.5 Å². The lowest BCUT2D eigenvalue weighted by Crippen LogP contribution is -2.46. The molecule has 1 aliphatic rings. The van der Waals surface area contributed by atoms with Crippen molar-refractivity contribution in [1.29, 1.82) is 0 Å². The zero-order chi connectivity index (χ0) is 22.3. The molecule has 1 saturated heterocycles. The van der Waals surface area contributed by atoms with Crippen LogP contribution in [0, 0.1) is 0 Å². The molecule has 9 heteroatoms. The summed E-state index contributed by atoms with van der Waals surface area (Å²) in [4.78, 5) is 11.4. The quantitative estimate of drug-likeness (QED) is 0.432. The zero-order valence-corrected chi connectivity index (χ0v) is 19.8. The number of benzene rings is 1. The number of morpholine rings is 1. The highest BCUT2D eigenvalue weighted by Gasteiger charge is 2.27. The van der Waals surface area contributed by atoms with Gasteiger partial charge in [0, 0.05) is 41.7 Å². The Morgan fingerprint density at radius 2 is 1.58 bits per heavy atom. The number of ether oxygens (including phenoxy) is 3. The van der Waals surface area contributed by atoms with Crippen molar-refractivity contribution in [3.05, 3.63) is 39.6 Å². The van der Waals surface area contributed by atoms with E-state index in [2.05, 4.69) is 9.88 Å². The fourth-order valence-corrected chi connectivity index (χ4v) is 4.79. The monoisotopic (exact) mass is 481 g/mol. The van der Waals surface area contributed by atoms with E-state index in [-0.39, 0.29) is 12.2 Å². The van der Waals surface area contributed by atoms with Crippen LogP contribution in [0.4, 0.5) is 5.82 Å². The second-order valence-electron chi connectivity index (χ2n) is 7.51. The van der Waals surface area contributed by atoms with Gasteiger partial charge in [0.15, 0.2) is 0 Å². The van der Waals surface area contributed by atoms with Crippen molar-refractivity contribution >= 4 is 51.4 Å². The Labute approximate surface area is 196 Å². The average molecular weight is 483 g/mol. The lowest BCUT2D eigenvalue weighted by atomic mass is 10.1. The van der Waals surface area contributed by atoms with Gasteiger partial charge in [-0.25, -0.2) is 9.97 Å². The lowest BCUT2D eigenvalue weighted by Gasteiger charge is -2.36. The highest BCUT2D eigenvalue weighted by molar-refractivity contribution is 6.41. The summed E-state index contributed by atoms with van der Waals surface area (Å²) in [5.74, 6) is 1.67. The number of fused-ring (bicyclic) bond motifs is 1. The number of halogens is 3. The molecule has 2 atom stereocenters. The van der Waals surface area contributed by atoms with Gasteiger partial charge in [0.2, 0.25) is 0 Å². The van der Waals surface area contributed by atoms with E-state index in [0.717, 1.165) is 16.6 Å². The van der Waals surface area contributed by atoms with Crippen molar-refractivity contribution in [3.63, 3.8) is 0 Å². The van der Waals surface area contributed by atoms with Gasteiger partial charge in [0.25, 0.3) is 0 Å². The summed E-state index contributed by atoms with van der Waals surface area (Å²) in [7, 11) is 3.08. The zero-order valence-electron chi connectivity index (χ0n) is 17.6. The van der Waals surface area contributed by atoms with Crippen LogP contribution in [-0.4, -0.2) is 49.5 Å². The number of pyridine rings is 2. The van der Waals surface area contributed by atoms with Crippen molar-refractivity contribution < 1.29 is 14.2 Å². The summed E-state index contributed by atoms with van der Waals surface area (Å²) >= 11 is 19.5. The van der Waals surface area contributed by atoms with Gasteiger partial charge >= 0.3 is 0 Å². The van der Waals surface area contributed by atoms with E-state index in [0.29, 0.717) is 51.0 Å². The number of nitrogens with zero attached hydrogens (tertiary/aromatic N) is 3. The fraction of sp³-hybridized carbons (Fsp3) is 0.364. The second-order valence-corrected chi connectivity index (χ2v) is 8.65. The van der Waals surface area contributed by atoms with E-state index in [4.69, 9.17) is 54.0 Å². The molecule has 3 aromatic rings. The van der Waals surface area contributed by atoms with E-state index in [9.17, 15) is 0 Å². The first-order valence-corrected chi connectivity index (χ1v) is 10.9. The van der Waals surface area contributed by atoms with Crippen LogP contribution in [0.1, 0.15) is 13.8 Å². The molecule has 31 heavy (non-hydrogen) atoms. The Bertz CT molecular complexity index is 1100. The Kier molecular flexibility index (Phi) is 6.35. The summed E-state index contributed by atoms with van der Waals surface area (Å²) in [6.07, 6.45) is 1.84. The molecular weight excluding hydrogens is 461 g/mol.